The summed E-state index contributed by atoms with van der Waals surface area (Å²) in [6.07, 6.45) is 2.66. The molecule has 1 aromatic rings. The van der Waals surface area contributed by atoms with Gasteiger partial charge in [0.2, 0.25) is 5.91 Å². The van der Waals surface area contributed by atoms with Crippen LogP contribution in [0.2, 0.25) is 5.02 Å². The fourth-order valence-corrected chi connectivity index (χ4v) is 2.42. The normalized spacial score (nSPS) is 16.2. The van der Waals surface area contributed by atoms with Gasteiger partial charge in [-0.15, -0.1) is 0 Å². The molecule has 0 aromatic heterocycles. The van der Waals surface area contributed by atoms with Gasteiger partial charge in [-0.25, -0.2) is 0 Å². The number of carbonyl (C=O) groups is 1. The van der Waals surface area contributed by atoms with Crippen molar-refractivity contribution in [3.8, 4) is 5.75 Å². The maximum Gasteiger partial charge on any atom is 0.225 e. The minimum absolute atomic E-state index is 0.0169. The number of methoxy groups -OCH3 is 1. The van der Waals surface area contributed by atoms with Gasteiger partial charge in [0.15, 0.2) is 0 Å². The molecule has 1 aliphatic carbocycles. The van der Waals surface area contributed by atoms with Crippen molar-refractivity contribution < 1.29 is 9.53 Å². The summed E-state index contributed by atoms with van der Waals surface area (Å²) < 4.78 is 5.10. The third-order valence-corrected chi connectivity index (χ3v) is 4.28. The molecule has 0 radical (unpaired) electrons. The van der Waals surface area contributed by atoms with Crippen LogP contribution >= 0.6 is 24.2 Å². The zero-order valence-corrected chi connectivity index (χ0v) is 11.9. The summed E-state index contributed by atoms with van der Waals surface area (Å²) >= 11 is 10.3. The Kier molecular flexibility index (Phi) is 4.07. The predicted molar refractivity (Wildman–Crippen MR) is 76.8 cm³/mol. The van der Waals surface area contributed by atoms with Gasteiger partial charge in [-0.1, -0.05) is 11.6 Å². The van der Waals surface area contributed by atoms with Gasteiger partial charge in [-0.3, -0.25) is 4.79 Å². The van der Waals surface area contributed by atoms with Crippen LogP contribution in [0.4, 0.5) is 5.69 Å². The Morgan fingerprint density at radius 2 is 2.28 bits per heavy atom. The third kappa shape index (κ3) is 3.12. The maximum absolute atomic E-state index is 11.9. The molecular weight excluding hydrogens is 270 g/mol. The minimum atomic E-state index is -0.0169. The van der Waals surface area contributed by atoms with Crippen molar-refractivity contribution in [2.45, 2.75) is 19.3 Å². The Labute approximate surface area is 117 Å². The van der Waals surface area contributed by atoms with Gasteiger partial charge in [0.25, 0.3) is 0 Å². The molecule has 1 amide bonds. The standard InChI is InChI=1S/C13H16ClNO2S/c1-17-9-2-3-10(14)11(6-9)15-12(16)7-13(8-18)4-5-13/h2-3,6,18H,4-5,7-8H2,1H3,(H,15,16). The molecule has 0 unspecified atom stereocenters. The molecule has 1 aromatic carbocycles. The van der Waals surface area contributed by atoms with E-state index in [1.807, 2.05) is 0 Å². The van der Waals surface area contributed by atoms with Crippen molar-refractivity contribution in [1.29, 1.82) is 0 Å². The first-order valence-electron chi connectivity index (χ1n) is 5.83. The summed E-state index contributed by atoms with van der Waals surface area (Å²) in [6.45, 7) is 0. The van der Waals surface area contributed by atoms with Gasteiger partial charge in [0.1, 0.15) is 5.75 Å². The largest absolute Gasteiger partial charge is 0.497 e. The zero-order chi connectivity index (χ0) is 13.2. The molecule has 1 fully saturated rings. The van der Waals surface area contributed by atoms with Crippen molar-refractivity contribution in [1.82, 2.24) is 0 Å². The summed E-state index contributed by atoms with van der Waals surface area (Å²) in [4.78, 5) is 11.9. The molecule has 3 nitrogen and oxygen atoms in total. The molecule has 1 saturated carbocycles. The average molecular weight is 286 g/mol. The summed E-state index contributed by atoms with van der Waals surface area (Å²) in [6, 6.07) is 5.19. The molecule has 1 N–H and O–H groups in total. The number of ether oxygens (including phenoxy) is 1. The monoisotopic (exact) mass is 285 g/mol. The maximum atomic E-state index is 11.9. The molecule has 0 atom stereocenters. The zero-order valence-electron chi connectivity index (χ0n) is 10.2. The first-order valence-corrected chi connectivity index (χ1v) is 6.84. The minimum Gasteiger partial charge on any atom is -0.497 e. The van der Waals surface area contributed by atoms with Crippen LogP contribution in [0.5, 0.6) is 5.75 Å². The highest BCUT2D eigenvalue weighted by molar-refractivity contribution is 7.80. The van der Waals surface area contributed by atoms with Gasteiger partial charge < -0.3 is 10.1 Å². The van der Waals surface area contributed by atoms with Crippen molar-refractivity contribution in [2.75, 3.05) is 18.2 Å². The van der Waals surface area contributed by atoms with Crippen LogP contribution in [-0.4, -0.2) is 18.8 Å². The Morgan fingerprint density at radius 1 is 1.56 bits per heavy atom. The van der Waals surface area contributed by atoms with Crippen LogP contribution < -0.4 is 10.1 Å². The molecule has 0 bridgehead atoms. The lowest BCUT2D eigenvalue weighted by molar-refractivity contribution is -0.117. The lowest BCUT2D eigenvalue weighted by atomic mass is 10.1. The summed E-state index contributed by atoms with van der Waals surface area (Å²) in [5, 5.41) is 3.34. The van der Waals surface area contributed by atoms with Gasteiger partial charge in [-0.2, -0.15) is 12.6 Å². The summed E-state index contributed by atoms with van der Waals surface area (Å²) in [5.74, 6) is 1.41. The van der Waals surface area contributed by atoms with Crippen LogP contribution in [0.1, 0.15) is 19.3 Å². The van der Waals surface area contributed by atoms with E-state index in [1.165, 1.54) is 0 Å². The van der Waals surface area contributed by atoms with E-state index < -0.39 is 0 Å². The smallest absolute Gasteiger partial charge is 0.225 e. The summed E-state index contributed by atoms with van der Waals surface area (Å²) in [5.41, 5.74) is 0.703. The van der Waals surface area contributed by atoms with E-state index in [1.54, 1.807) is 25.3 Å². The number of thiol groups is 1. The van der Waals surface area contributed by atoms with E-state index in [0.29, 0.717) is 22.9 Å². The van der Waals surface area contributed by atoms with Gasteiger partial charge in [0.05, 0.1) is 17.8 Å². The molecule has 0 spiro atoms. The van der Waals surface area contributed by atoms with Crippen molar-refractivity contribution >= 4 is 35.8 Å². The third-order valence-electron chi connectivity index (χ3n) is 3.28. The average Bonchev–Trinajstić information content (AvgIpc) is 3.12. The quantitative estimate of drug-likeness (QED) is 0.814. The molecule has 2 rings (SSSR count). The molecule has 0 saturated heterocycles. The van der Waals surface area contributed by atoms with E-state index in [2.05, 4.69) is 17.9 Å². The number of hydrogen-bond acceptors (Lipinski definition) is 3. The molecule has 18 heavy (non-hydrogen) atoms. The highest BCUT2D eigenvalue weighted by atomic mass is 35.5. The number of carbonyl (C=O) groups excluding carboxylic acids is 1. The number of halogens is 1. The molecule has 5 heteroatoms. The Hall–Kier alpha value is -0.870. The first kappa shape index (κ1) is 13.6. The number of amides is 1. The fraction of sp³-hybridized carbons (Fsp3) is 0.462. The molecule has 0 heterocycles. The van der Waals surface area contributed by atoms with E-state index in [0.717, 1.165) is 18.6 Å². The number of rotatable bonds is 5. The second-order valence-corrected chi connectivity index (χ2v) is 5.45. The second-order valence-electron chi connectivity index (χ2n) is 4.73. The van der Waals surface area contributed by atoms with Crippen molar-refractivity contribution in [3.05, 3.63) is 23.2 Å². The predicted octanol–water partition coefficient (Wildman–Crippen LogP) is 3.39. The van der Waals surface area contributed by atoms with E-state index >= 15 is 0 Å². The fourth-order valence-electron chi connectivity index (χ4n) is 1.83. The van der Waals surface area contributed by atoms with Crippen LogP contribution in [0.25, 0.3) is 0 Å². The highest BCUT2D eigenvalue weighted by Crippen LogP contribution is 2.49. The Bertz CT molecular complexity index is 460. The number of anilines is 1. The molecular formula is C13H16ClNO2S. The SMILES string of the molecule is COc1ccc(Cl)c(NC(=O)CC2(CS)CC2)c1. The van der Waals surface area contributed by atoms with Crippen LogP contribution in [0.3, 0.4) is 0 Å². The topological polar surface area (TPSA) is 38.3 Å². The highest BCUT2D eigenvalue weighted by Gasteiger charge is 2.42. The van der Waals surface area contributed by atoms with Gasteiger partial charge in [-0.05, 0) is 36.1 Å². The van der Waals surface area contributed by atoms with Crippen LogP contribution in [-0.2, 0) is 4.79 Å². The van der Waals surface area contributed by atoms with Crippen LogP contribution in [0, 0.1) is 5.41 Å². The lowest BCUT2D eigenvalue weighted by Crippen LogP contribution is -2.18. The van der Waals surface area contributed by atoms with Crippen molar-refractivity contribution in [2.24, 2.45) is 5.41 Å². The van der Waals surface area contributed by atoms with Crippen LogP contribution in [0.15, 0.2) is 18.2 Å². The van der Waals surface area contributed by atoms with Gasteiger partial charge in [0, 0.05) is 12.5 Å². The Balaban J connectivity index is 2.02. The first-order chi connectivity index (χ1) is 8.58. The summed E-state index contributed by atoms with van der Waals surface area (Å²) in [7, 11) is 1.58. The molecule has 0 aliphatic heterocycles. The van der Waals surface area contributed by atoms with E-state index in [4.69, 9.17) is 16.3 Å². The molecule has 1 aliphatic rings. The van der Waals surface area contributed by atoms with Crippen molar-refractivity contribution in [3.63, 3.8) is 0 Å². The molecule has 98 valence electrons. The number of benzene rings is 1. The number of hydrogen-bond donors (Lipinski definition) is 2. The van der Waals surface area contributed by atoms with Gasteiger partial charge >= 0.3 is 0 Å². The van der Waals surface area contributed by atoms with E-state index in [-0.39, 0.29) is 11.3 Å². The Morgan fingerprint density at radius 3 is 2.83 bits per heavy atom. The number of nitrogens with one attached hydrogen (secondary N) is 1. The second kappa shape index (κ2) is 5.41. The lowest BCUT2D eigenvalue weighted by Gasteiger charge is -2.13. The van der Waals surface area contributed by atoms with E-state index in [9.17, 15) is 4.79 Å².